The number of halogens is 5. The highest BCUT2D eigenvalue weighted by Crippen LogP contribution is 2.37. The molecular weight excluding hydrogens is 369 g/mol. The van der Waals surface area contributed by atoms with Crippen LogP contribution in [-0.2, 0) is 9.53 Å². The van der Waals surface area contributed by atoms with Crippen LogP contribution in [0.1, 0.15) is 13.8 Å². The minimum Gasteiger partial charge on any atom is -0.459 e. The third-order valence-electron chi connectivity index (χ3n) is 1.85. The Bertz CT molecular complexity index is 523. The molecule has 20 heavy (non-hydrogen) atoms. The summed E-state index contributed by atoms with van der Waals surface area (Å²) in [6.45, 7) is 3.29. The maximum atomic E-state index is 11.6. The molecule has 0 spiro atoms. The van der Waals surface area contributed by atoms with E-state index < -0.39 is 16.5 Å². The Hall–Kier alpha value is -0.260. The van der Waals surface area contributed by atoms with Crippen LogP contribution in [-0.4, -0.2) is 16.5 Å². The molecule has 0 radical (unpaired) electrons. The van der Waals surface area contributed by atoms with E-state index in [4.69, 9.17) is 62.7 Å². The smallest absolute Gasteiger partial charge is 0.368 e. The molecule has 0 unspecified atom stereocenters. The van der Waals surface area contributed by atoms with Crippen molar-refractivity contribution in [3.05, 3.63) is 27.2 Å². The van der Waals surface area contributed by atoms with E-state index in [1.165, 1.54) is 12.1 Å². The Morgan fingerprint density at radius 2 is 1.70 bits per heavy atom. The summed E-state index contributed by atoms with van der Waals surface area (Å²) in [6, 6.07) is 2.83. The molecule has 0 atom stereocenters. The summed E-state index contributed by atoms with van der Waals surface area (Å²) in [4.78, 5) is 11.6. The zero-order chi connectivity index (χ0) is 15.5. The number of nitrogens with zero attached hydrogens (tertiary/aromatic N) is 2. The second kappa shape index (κ2) is 7.14. The molecule has 0 bridgehead atoms. The zero-order valence-corrected chi connectivity index (χ0v) is 14.1. The molecular formula is C11H9Cl5N2O2. The molecule has 0 aliphatic rings. The first-order valence-electron chi connectivity index (χ1n) is 5.30. The summed E-state index contributed by atoms with van der Waals surface area (Å²) in [5.74, 6) is -0.944. The van der Waals surface area contributed by atoms with Crippen LogP contribution >= 0.6 is 58.0 Å². The first-order chi connectivity index (χ1) is 9.13. The minimum atomic E-state index is -2.18. The Kier molecular flexibility index (Phi) is 6.35. The number of esters is 1. The molecule has 110 valence electrons. The van der Waals surface area contributed by atoms with Gasteiger partial charge in [0, 0.05) is 5.02 Å². The number of azo groups is 1. The van der Waals surface area contributed by atoms with Gasteiger partial charge >= 0.3 is 10.4 Å². The third kappa shape index (κ3) is 4.93. The van der Waals surface area contributed by atoms with Gasteiger partial charge in [-0.2, -0.15) is 0 Å². The molecule has 0 amide bonds. The molecule has 1 rings (SSSR count). The van der Waals surface area contributed by atoms with Gasteiger partial charge in [-0.05, 0) is 26.0 Å². The number of hydrogen-bond donors (Lipinski definition) is 0. The quantitative estimate of drug-likeness (QED) is 0.287. The number of hydrogen-bond acceptors (Lipinski definition) is 4. The van der Waals surface area contributed by atoms with Crippen molar-refractivity contribution in [3.63, 3.8) is 0 Å². The number of rotatable bonds is 4. The Morgan fingerprint density at radius 3 is 2.15 bits per heavy atom. The van der Waals surface area contributed by atoms with Crippen molar-refractivity contribution in [2.45, 2.75) is 24.4 Å². The van der Waals surface area contributed by atoms with Gasteiger partial charge in [0.05, 0.1) is 16.1 Å². The lowest BCUT2D eigenvalue weighted by atomic mass is 10.3. The average Bonchev–Trinajstić information content (AvgIpc) is 2.26. The average molecular weight is 378 g/mol. The molecule has 0 N–H and O–H groups in total. The Morgan fingerprint density at radius 1 is 1.20 bits per heavy atom. The van der Waals surface area contributed by atoms with E-state index in [-0.39, 0.29) is 15.7 Å². The molecule has 1 aromatic carbocycles. The first-order valence-corrected chi connectivity index (χ1v) is 7.19. The van der Waals surface area contributed by atoms with Crippen molar-refractivity contribution in [1.82, 2.24) is 0 Å². The molecule has 0 aromatic heterocycles. The van der Waals surface area contributed by atoms with Crippen molar-refractivity contribution in [2.24, 2.45) is 10.2 Å². The van der Waals surface area contributed by atoms with E-state index in [0.717, 1.165) is 0 Å². The van der Waals surface area contributed by atoms with Crippen LogP contribution in [0.4, 0.5) is 5.69 Å². The summed E-state index contributed by atoms with van der Waals surface area (Å²) < 4.78 is 2.66. The van der Waals surface area contributed by atoms with Gasteiger partial charge in [-0.25, -0.2) is 4.79 Å². The molecule has 0 aliphatic heterocycles. The van der Waals surface area contributed by atoms with Gasteiger partial charge in [0.15, 0.2) is 0 Å². The van der Waals surface area contributed by atoms with E-state index in [9.17, 15) is 4.79 Å². The molecule has 4 nitrogen and oxygen atoms in total. The monoisotopic (exact) mass is 376 g/mol. The highest BCUT2D eigenvalue weighted by atomic mass is 35.5. The summed E-state index contributed by atoms with van der Waals surface area (Å²) in [6.07, 6.45) is -0.391. The third-order valence-corrected chi connectivity index (χ3v) is 3.10. The van der Waals surface area contributed by atoms with Crippen LogP contribution < -0.4 is 0 Å². The number of ether oxygens (including phenoxy) is 1. The number of carbonyl (C=O) groups excluding carboxylic acids is 1. The summed E-state index contributed by atoms with van der Waals surface area (Å²) in [5.41, 5.74) is 0.0979. The van der Waals surface area contributed by atoms with E-state index in [1.807, 2.05) is 0 Å². The van der Waals surface area contributed by atoms with E-state index in [0.29, 0.717) is 5.02 Å². The topological polar surface area (TPSA) is 51.0 Å². The van der Waals surface area contributed by atoms with E-state index >= 15 is 0 Å². The van der Waals surface area contributed by atoms with Crippen LogP contribution in [0.3, 0.4) is 0 Å². The number of alkyl halides is 2. The van der Waals surface area contributed by atoms with Gasteiger partial charge in [-0.15, -0.1) is 10.2 Å². The van der Waals surface area contributed by atoms with Crippen LogP contribution in [0.2, 0.25) is 15.1 Å². The largest absolute Gasteiger partial charge is 0.459 e. The van der Waals surface area contributed by atoms with Gasteiger partial charge in [0.2, 0.25) is 0 Å². The summed E-state index contributed by atoms with van der Waals surface area (Å²) in [5, 5.41) is 7.81. The van der Waals surface area contributed by atoms with Gasteiger partial charge in [-0.3, -0.25) is 0 Å². The zero-order valence-electron chi connectivity index (χ0n) is 10.3. The molecule has 0 heterocycles. The van der Waals surface area contributed by atoms with Crippen LogP contribution in [0.25, 0.3) is 0 Å². The highest BCUT2D eigenvalue weighted by molar-refractivity contribution is 6.57. The molecule has 1 aromatic rings. The molecule has 0 saturated carbocycles. The van der Waals surface area contributed by atoms with E-state index in [1.54, 1.807) is 13.8 Å². The van der Waals surface area contributed by atoms with Crippen molar-refractivity contribution >= 4 is 69.7 Å². The summed E-state index contributed by atoms with van der Waals surface area (Å²) >= 11 is 29.0. The lowest BCUT2D eigenvalue weighted by Gasteiger charge is -2.14. The van der Waals surface area contributed by atoms with Gasteiger partial charge in [0.25, 0.3) is 0 Å². The maximum Gasteiger partial charge on any atom is 0.368 e. The normalized spacial score (nSPS) is 12.2. The predicted molar refractivity (Wildman–Crippen MR) is 81.7 cm³/mol. The van der Waals surface area contributed by atoms with Crippen LogP contribution in [0.5, 0.6) is 0 Å². The van der Waals surface area contributed by atoms with Crippen LogP contribution in [0.15, 0.2) is 22.4 Å². The van der Waals surface area contributed by atoms with Crippen molar-refractivity contribution < 1.29 is 9.53 Å². The van der Waals surface area contributed by atoms with Crippen LogP contribution in [0, 0.1) is 0 Å². The standard InChI is InChI=1S/C11H9Cl5N2O2/c1-5(2)20-10(19)11(15,16)18-17-9-7(13)3-6(12)4-8(9)14/h3-5H,1-2H3/b18-17+. The highest BCUT2D eigenvalue weighted by Gasteiger charge is 2.36. The van der Waals surface area contributed by atoms with Gasteiger partial charge in [0.1, 0.15) is 5.69 Å². The molecule has 0 aliphatic carbocycles. The maximum absolute atomic E-state index is 11.6. The van der Waals surface area contributed by atoms with Crippen molar-refractivity contribution in [2.75, 3.05) is 0 Å². The van der Waals surface area contributed by atoms with Crippen molar-refractivity contribution in [3.8, 4) is 0 Å². The fourth-order valence-corrected chi connectivity index (χ4v) is 2.13. The SMILES string of the molecule is CC(C)OC(=O)C(Cl)(Cl)/N=N/c1c(Cl)cc(Cl)cc1Cl. The predicted octanol–water partition coefficient (Wildman–Crippen LogP) is 5.81. The molecule has 0 saturated heterocycles. The molecule has 0 fully saturated rings. The Balaban J connectivity index is 3.00. The Labute approximate surface area is 140 Å². The summed E-state index contributed by atoms with van der Waals surface area (Å²) in [7, 11) is 0. The lowest BCUT2D eigenvalue weighted by Crippen LogP contribution is -2.28. The molecule has 9 heteroatoms. The minimum absolute atomic E-state index is 0.0979. The van der Waals surface area contributed by atoms with E-state index in [2.05, 4.69) is 10.2 Å². The van der Waals surface area contributed by atoms with Gasteiger partial charge < -0.3 is 4.74 Å². The van der Waals surface area contributed by atoms with Gasteiger partial charge in [-0.1, -0.05) is 58.0 Å². The number of carbonyl (C=O) groups is 1. The fraction of sp³-hybridized carbons (Fsp3) is 0.364. The lowest BCUT2D eigenvalue weighted by molar-refractivity contribution is -0.148. The second-order valence-electron chi connectivity index (χ2n) is 3.91. The first kappa shape index (κ1) is 17.8. The second-order valence-corrected chi connectivity index (χ2v) is 6.45. The fourth-order valence-electron chi connectivity index (χ4n) is 1.07. The van der Waals surface area contributed by atoms with Crippen molar-refractivity contribution in [1.29, 1.82) is 0 Å². The number of benzene rings is 1.